The molecule has 0 radical (unpaired) electrons. The molecule has 0 bridgehead atoms. The van der Waals surface area contributed by atoms with Gasteiger partial charge in [-0.05, 0) is 36.4 Å². The molecule has 0 atom stereocenters. The summed E-state index contributed by atoms with van der Waals surface area (Å²) >= 11 is 0. The first-order chi connectivity index (χ1) is 11.8. The second-order valence-corrected chi connectivity index (χ2v) is 5.31. The third kappa shape index (κ3) is 2.32. The molecule has 0 amide bonds. The number of fused-ring (bicyclic) bond motifs is 3. The minimum absolute atomic E-state index is 0.436. The Morgan fingerprint density at radius 3 is 2.46 bits per heavy atom. The molecule has 2 aromatic heterocycles. The summed E-state index contributed by atoms with van der Waals surface area (Å²) in [6.45, 7) is 2.05. The highest BCUT2D eigenvalue weighted by molar-refractivity contribution is 5.79. The van der Waals surface area contributed by atoms with Gasteiger partial charge < -0.3 is 9.47 Å². The van der Waals surface area contributed by atoms with E-state index in [9.17, 15) is 0 Å². The van der Waals surface area contributed by atoms with E-state index in [2.05, 4.69) is 22.1 Å². The van der Waals surface area contributed by atoms with Crippen LogP contribution in [-0.2, 0) is 6.42 Å². The van der Waals surface area contributed by atoms with Crippen LogP contribution in [0.3, 0.4) is 0 Å². The van der Waals surface area contributed by atoms with Gasteiger partial charge in [-0.15, -0.1) is 10.2 Å². The van der Waals surface area contributed by atoms with Gasteiger partial charge in [-0.1, -0.05) is 19.1 Å². The summed E-state index contributed by atoms with van der Waals surface area (Å²) in [7, 11) is 1.63. The van der Waals surface area contributed by atoms with E-state index in [1.807, 2.05) is 52.9 Å². The Balaban J connectivity index is 1.88. The lowest BCUT2D eigenvalue weighted by atomic mass is 10.3. The number of para-hydroxylation sites is 2. The summed E-state index contributed by atoms with van der Waals surface area (Å²) in [6.07, 6.45) is 0.775. The number of hydrogen-bond donors (Lipinski definition) is 0. The van der Waals surface area contributed by atoms with E-state index in [4.69, 9.17) is 9.47 Å². The normalized spacial score (nSPS) is 11.1. The molecular formula is C18H16N4O2. The molecule has 6 nitrogen and oxygen atoms in total. The van der Waals surface area contributed by atoms with E-state index in [1.54, 1.807) is 7.11 Å². The first kappa shape index (κ1) is 14.4. The average molecular weight is 320 g/mol. The lowest BCUT2D eigenvalue weighted by molar-refractivity contribution is 0.412. The van der Waals surface area contributed by atoms with Crippen LogP contribution in [0.5, 0.6) is 17.4 Å². The van der Waals surface area contributed by atoms with E-state index in [-0.39, 0.29) is 0 Å². The van der Waals surface area contributed by atoms with Crippen molar-refractivity contribution in [3.8, 4) is 17.4 Å². The fourth-order valence-electron chi connectivity index (χ4n) is 2.67. The standard InChI is InChI=1S/C18H16N4O2/c1-3-16-20-21-17-18(24-13-10-8-12(23-2)9-11-13)19-14-6-4-5-7-15(14)22(16)17/h4-11H,3H2,1-2H3. The molecule has 6 heteroatoms. The van der Waals surface area contributed by atoms with E-state index in [0.717, 1.165) is 29.0 Å². The topological polar surface area (TPSA) is 61.5 Å². The van der Waals surface area contributed by atoms with Crippen molar-refractivity contribution in [2.75, 3.05) is 7.11 Å². The molecule has 0 aliphatic rings. The largest absolute Gasteiger partial charge is 0.497 e. The molecule has 0 aliphatic heterocycles. The Morgan fingerprint density at radius 2 is 1.71 bits per heavy atom. The van der Waals surface area contributed by atoms with Crippen molar-refractivity contribution in [1.29, 1.82) is 0 Å². The fraction of sp³-hybridized carbons (Fsp3) is 0.167. The second-order valence-electron chi connectivity index (χ2n) is 5.31. The fourth-order valence-corrected chi connectivity index (χ4v) is 2.67. The van der Waals surface area contributed by atoms with Gasteiger partial charge >= 0.3 is 0 Å². The first-order valence-electron chi connectivity index (χ1n) is 7.75. The summed E-state index contributed by atoms with van der Waals surface area (Å²) in [5.74, 6) is 2.76. The zero-order chi connectivity index (χ0) is 16.5. The maximum atomic E-state index is 5.97. The number of rotatable bonds is 4. The van der Waals surface area contributed by atoms with Gasteiger partial charge in [-0.25, -0.2) is 4.98 Å². The molecule has 0 aliphatic carbocycles. The van der Waals surface area contributed by atoms with Gasteiger partial charge in [0.2, 0.25) is 5.65 Å². The van der Waals surface area contributed by atoms with Gasteiger partial charge in [0.05, 0.1) is 18.1 Å². The van der Waals surface area contributed by atoms with Crippen molar-refractivity contribution in [2.24, 2.45) is 0 Å². The van der Waals surface area contributed by atoms with Crippen molar-refractivity contribution < 1.29 is 9.47 Å². The van der Waals surface area contributed by atoms with Crippen molar-refractivity contribution >= 4 is 16.7 Å². The third-order valence-corrected chi connectivity index (χ3v) is 3.86. The molecule has 4 rings (SSSR count). The van der Waals surface area contributed by atoms with Gasteiger partial charge in [0.1, 0.15) is 17.3 Å². The monoisotopic (exact) mass is 320 g/mol. The highest BCUT2D eigenvalue weighted by Crippen LogP contribution is 2.28. The third-order valence-electron chi connectivity index (χ3n) is 3.86. The molecule has 0 fully saturated rings. The highest BCUT2D eigenvalue weighted by Gasteiger charge is 2.15. The number of nitrogens with zero attached hydrogens (tertiary/aromatic N) is 4. The summed E-state index contributed by atoms with van der Waals surface area (Å²) < 4.78 is 13.1. The minimum Gasteiger partial charge on any atom is -0.497 e. The molecule has 0 N–H and O–H groups in total. The van der Waals surface area contributed by atoms with Gasteiger partial charge in [0.25, 0.3) is 5.88 Å². The summed E-state index contributed by atoms with van der Waals surface area (Å²) in [5.41, 5.74) is 2.42. The molecule has 0 unspecified atom stereocenters. The number of benzene rings is 2. The predicted molar refractivity (Wildman–Crippen MR) is 90.7 cm³/mol. The van der Waals surface area contributed by atoms with Gasteiger partial charge in [-0.2, -0.15) is 0 Å². The maximum absolute atomic E-state index is 5.97. The number of aryl methyl sites for hydroxylation is 1. The van der Waals surface area contributed by atoms with Crippen LogP contribution in [0.2, 0.25) is 0 Å². The molecule has 120 valence electrons. The molecule has 2 heterocycles. The Hall–Kier alpha value is -3.15. The SMILES string of the molecule is CCc1nnc2c(Oc3ccc(OC)cc3)nc3ccccc3n12. The van der Waals surface area contributed by atoms with Crippen LogP contribution < -0.4 is 9.47 Å². The molecule has 0 saturated carbocycles. The van der Waals surface area contributed by atoms with Crippen LogP contribution in [0.1, 0.15) is 12.7 Å². The van der Waals surface area contributed by atoms with Crippen molar-refractivity contribution in [3.05, 3.63) is 54.4 Å². The Bertz CT molecular complexity index is 1010. The highest BCUT2D eigenvalue weighted by atomic mass is 16.5. The predicted octanol–water partition coefficient (Wildman–Crippen LogP) is 3.64. The summed E-state index contributed by atoms with van der Waals surface area (Å²) in [6, 6.07) is 15.3. The molecule has 0 spiro atoms. The minimum atomic E-state index is 0.436. The van der Waals surface area contributed by atoms with E-state index >= 15 is 0 Å². The Kier molecular flexibility index (Phi) is 3.49. The van der Waals surface area contributed by atoms with Gasteiger partial charge in [0, 0.05) is 6.42 Å². The van der Waals surface area contributed by atoms with Crippen LogP contribution in [0.15, 0.2) is 48.5 Å². The number of methoxy groups -OCH3 is 1. The van der Waals surface area contributed by atoms with E-state index in [1.165, 1.54) is 0 Å². The Labute approximate surface area is 138 Å². The van der Waals surface area contributed by atoms with Crippen LogP contribution in [0.25, 0.3) is 16.7 Å². The zero-order valence-corrected chi connectivity index (χ0v) is 13.4. The first-order valence-corrected chi connectivity index (χ1v) is 7.75. The molecule has 24 heavy (non-hydrogen) atoms. The quantitative estimate of drug-likeness (QED) is 0.574. The lowest BCUT2D eigenvalue weighted by Gasteiger charge is -2.09. The summed E-state index contributed by atoms with van der Waals surface area (Å²) in [5, 5.41) is 8.54. The van der Waals surface area contributed by atoms with Crippen LogP contribution >= 0.6 is 0 Å². The Morgan fingerprint density at radius 1 is 0.958 bits per heavy atom. The number of aromatic nitrogens is 4. The van der Waals surface area contributed by atoms with Crippen LogP contribution in [-0.4, -0.2) is 26.7 Å². The van der Waals surface area contributed by atoms with E-state index < -0.39 is 0 Å². The molecule has 2 aromatic carbocycles. The van der Waals surface area contributed by atoms with Gasteiger partial charge in [-0.3, -0.25) is 4.40 Å². The average Bonchev–Trinajstić information content (AvgIpc) is 3.07. The molecule has 0 saturated heterocycles. The second kappa shape index (κ2) is 5.81. The van der Waals surface area contributed by atoms with Crippen molar-refractivity contribution in [1.82, 2.24) is 19.6 Å². The molecular weight excluding hydrogens is 304 g/mol. The lowest BCUT2D eigenvalue weighted by Crippen LogP contribution is -1.99. The van der Waals surface area contributed by atoms with Crippen LogP contribution in [0.4, 0.5) is 0 Å². The maximum Gasteiger partial charge on any atom is 0.266 e. The number of ether oxygens (including phenoxy) is 2. The molecule has 4 aromatic rings. The smallest absolute Gasteiger partial charge is 0.266 e. The van der Waals surface area contributed by atoms with Crippen molar-refractivity contribution in [2.45, 2.75) is 13.3 Å². The van der Waals surface area contributed by atoms with Gasteiger partial charge in [0.15, 0.2) is 0 Å². The van der Waals surface area contributed by atoms with E-state index in [0.29, 0.717) is 17.3 Å². The summed E-state index contributed by atoms with van der Waals surface area (Å²) in [4.78, 5) is 4.61. The van der Waals surface area contributed by atoms with Crippen LogP contribution in [0, 0.1) is 0 Å². The number of hydrogen-bond acceptors (Lipinski definition) is 5. The van der Waals surface area contributed by atoms with Crippen molar-refractivity contribution in [3.63, 3.8) is 0 Å². The zero-order valence-electron chi connectivity index (χ0n) is 13.4.